The van der Waals surface area contributed by atoms with Gasteiger partial charge in [-0.25, -0.2) is 29.3 Å². The monoisotopic (exact) mass is 1250 g/mol. The molecule has 20 heteroatoms. The van der Waals surface area contributed by atoms with Crippen molar-refractivity contribution in [2.24, 2.45) is 0 Å². The van der Waals surface area contributed by atoms with Crippen molar-refractivity contribution in [3.05, 3.63) is 213 Å². The van der Waals surface area contributed by atoms with Crippen LogP contribution in [0.25, 0.3) is 88.6 Å². The molecule has 0 saturated carbocycles. The molecule has 474 valence electrons. The SMILES string of the molecule is CCN(CC)c1ccc2cc(-c3nc4ccccc4o3)c(=O)oc2c1.COc1ccc(-c2cc3cc(OC)c(OC)c(OC)c3oc2=O)cc1.COc1ccc(N(C)c2nc(C)nc3ccccc23)cc1.COc1ccc2c(-c3ccc(OC)c(O)c3)cc(=O)oc2c1. The van der Waals surface area contributed by atoms with Crippen LogP contribution in [0.3, 0.4) is 0 Å². The normalized spacial score (nSPS) is 10.8. The molecule has 0 spiro atoms. The Morgan fingerprint density at radius 1 is 0.452 bits per heavy atom. The highest BCUT2D eigenvalue weighted by Gasteiger charge is 2.21. The van der Waals surface area contributed by atoms with E-state index in [2.05, 4.69) is 38.6 Å². The summed E-state index contributed by atoms with van der Waals surface area (Å²) >= 11 is 0. The summed E-state index contributed by atoms with van der Waals surface area (Å²) in [6.07, 6.45) is 0. The van der Waals surface area contributed by atoms with Crippen LogP contribution in [-0.2, 0) is 0 Å². The van der Waals surface area contributed by atoms with Gasteiger partial charge in [0, 0.05) is 71.3 Å². The molecule has 8 aromatic carbocycles. The summed E-state index contributed by atoms with van der Waals surface area (Å²) in [6, 6.07) is 53.4. The Hall–Kier alpha value is -11.8. The molecular formula is C73H67N5O15. The minimum Gasteiger partial charge on any atom is -0.504 e. The molecule has 0 aliphatic heterocycles. The van der Waals surface area contributed by atoms with Gasteiger partial charge in [-0.15, -0.1) is 0 Å². The number of hydrogen-bond donors (Lipinski definition) is 1. The zero-order valence-corrected chi connectivity index (χ0v) is 53.1. The fourth-order valence-electron chi connectivity index (χ4n) is 10.4. The Balaban J connectivity index is 0.000000136. The lowest BCUT2D eigenvalue weighted by atomic mass is 10.0. The third-order valence-electron chi connectivity index (χ3n) is 15.2. The molecule has 1 N–H and O–H groups in total. The van der Waals surface area contributed by atoms with E-state index in [1.54, 1.807) is 94.1 Å². The number of phenolic OH excluding ortho intramolecular Hbond substituents is 1. The highest BCUT2D eigenvalue weighted by Crippen LogP contribution is 2.44. The van der Waals surface area contributed by atoms with E-state index in [4.69, 9.17) is 50.8 Å². The Morgan fingerprint density at radius 2 is 1.08 bits per heavy atom. The van der Waals surface area contributed by atoms with E-state index in [-0.39, 0.29) is 11.6 Å². The minimum absolute atomic E-state index is 0.00917. The van der Waals surface area contributed by atoms with Crippen LogP contribution in [0.5, 0.6) is 46.0 Å². The molecule has 0 bridgehead atoms. The van der Waals surface area contributed by atoms with Crippen molar-refractivity contribution in [2.75, 3.05) is 79.7 Å². The molecule has 0 aliphatic carbocycles. The van der Waals surface area contributed by atoms with E-state index in [1.807, 2.05) is 111 Å². The lowest BCUT2D eigenvalue weighted by Crippen LogP contribution is -2.21. The Morgan fingerprint density at radius 3 is 1.73 bits per heavy atom. The van der Waals surface area contributed by atoms with Crippen LogP contribution < -0.4 is 59.8 Å². The topological polar surface area (TPSA) is 234 Å². The third-order valence-corrected chi connectivity index (χ3v) is 15.2. The van der Waals surface area contributed by atoms with Crippen molar-refractivity contribution in [2.45, 2.75) is 20.8 Å². The lowest BCUT2D eigenvalue weighted by Gasteiger charge is -2.20. The number of hydrogen-bond acceptors (Lipinski definition) is 20. The Bertz CT molecular complexity index is 4950. The molecule has 13 rings (SSSR count). The van der Waals surface area contributed by atoms with Crippen molar-refractivity contribution in [3.63, 3.8) is 0 Å². The molecule has 5 heterocycles. The second-order valence-corrected chi connectivity index (χ2v) is 20.7. The van der Waals surface area contributed by atoms with E-state index < -0.39 is 16.9 Å². The van der Waals surface area contributed by atoms with Gasteiger partial charge in [-0.2, -0.15) is 0 Å². The van der Waals surface area contributed by atoms with Crippen LogP contribution in [0.4, 0.5) is 17.2 Å². The lowest BCUT2D eigenvalue weighted by molar-refractivity contribution is 0.323. The van der Waals surface area contributed by atoms with Crippen molar-refractivity contribution >= 4 is 72.1 Å². The molecule has 93 heavy (non-hydrogen) atoms. The molecule has 0 saturated heterocycles. The highest BCUT2D eigenvalue weighted by atomic mass is 16.5. The molecule has 0 unspecified atom stereocenters. The van der Waals surface area contributed by atoms with E-state index in [0.717, 1.165) is 69.1 Å². The van der Waals surface area contributed by atoms with Crippen molar-refractivity contribution < 1.29 is 55.9 Å². The van der Waals surface area contributed by atoms with Crippen LogP contribution in [0.2, 0.25) is 0 Å². The maximum atomic E-state index is 12.5. The van der Waals surface area contributed by atoms with Crippen molar-refractivity contribution in [1.29, 1.82) is 0 Å². The average molecular weight is 1250 g/mol. The first-order valence-electron chi connectivity index (χ1n) is 29.3. The zero-order chi connectivity index (χ0) is 65.9. The fourth-order valence-corrected chi connectivity index (χ4v) is 10.4. The molecule has 0 amide bonds. The molecule has 13 aromatic rings. The first-order chi connectivity index (χ1) is 45.1. The molecule has 0 aliphatic rings. The molecule has 20 nitrogen and oxygen atoms in total. The summed E-state index contributed by atoms with van der Waals surface area (Å²) in [4.78, 5) is 54.5. The van der Waals surface area contributed by atoms with Gasteiger partial charge in [-0.1, -0.05) is 42.5 Å². The van der Waals surface area contributed by atoms with Gasteiger partial charge >= 0.3 is 16.9 Å². The van der Waals surface area contributed by atoms with Crippen molar-refractivity contribution in [3.8, 4) is 79.7 Å². The summed E-state index contributed by atoms with van der Waals surface area (Å²) in [5.41, 5.74) is 7.19. The van der Waals surface area contributed by atoms with Gasteiger partial charge in [-0.05, 0) is 153 Å². The minimum atomic E-state index is -0.469. The fraction of sp³-hybridized carbons (Fsp3) is 0.178. The van der Waals surface area contributed by atoms with Gasteiger partial charge in [0.1, 0.15) is 51.1 Å². The van der Waals surface area contributed by atoms with Gasteiger partial charge < -0.3 is 65.7 Å². The largest absolute Gasteiger partial charge is 0.504 e. The van der Waals surface area contributed by atoms with Crippen LogP contribution in [0, 0.1) is 6.92 Å². The Labute approximate surface area is 533 Å². The predicted octanol–water partition coefficient (Wildman–Crippen LogP) is 14.8. The molecule has 0 radical (unpaired) electrons. The van der Waals surface area contributed by atoms with Crippen molar-refractivity contribution in [1.82, 2.24) is 15.0 Å². The number of phenols is 1. The summed E-state index contributed by atoms with van der Waals surface area (Å²) in [5.74, 6) is 5.67. The molecule has 0 atom stereocenters. The predicted molar refractivity (Wildman–Crippen MR) is 361 cm³/mol. The Kier molecular flexibility index (Phi) is 19.9. The maximum absolute atomic E-state index is 12.5. The van der Waals surface area contributed by atoms with Gasteiger partial charge in [0.25, 0.3) is 0 Å². The van der Waals surface area contributed by atoms with Crippen LogP contribution in [0.15, 0.2) is 208 Å². The number of rotatable bonds is 15. The van der Waals surface area contributed by atoms with Gasteiger partial charge in [0.2, 0.25) is 17.4 Å². The quantitative estimate of drug-likeness (QED) is 0.0939. The molecule has 5 aromatic heterocycles. The second-order valence-electron chi connectivity index (χ2n) is 20.7. The standard InChI is InChI=1S/C20H18N2O3.C19H18O6.C17H17N3O.C17H14O5/c1-3-22(4-2)14-10-9-13-11-15(20(23)25-18(13)12-14)19-21-16-7-5-6-8-17(16)24-19;1-21-13-7-5-11(6-8-13)14-9-12-10-15(22-2)17(23-3)18(24-4)16(12)25-19(14)20;1-12-18-16-7-5-4-6-15(16)17(19-12)20(2)13-8-10-14(21-3)11-9-13;1-20-11-4-5-12-13(9-17(19)22-16(12)8-11)10-3-6-15(21-2)14(18)7-10/h5-12H,3-4H2,1-2H3;5-10H,1-4H3;4-11H,1-3H3;3-9,18H,1-2H3. The van der Waals surface area contributed by atoms with Gasteiger partial charge in [-0.3, -0.25) is 0 Å². The summed E-state index contributed by atoms with van der Waals surface area (Å²) in [5, 5.41) is 13.2. The number of aromatic nitrogens is 3. The zero-order valence-electron chi connectivity index (χ0n) is 53.1. The number of aryl methyl sites for hydroxylation is 1. The average Bonchev–Trinajstić information content (AvgIpc) is 0.975. The van der Waals surface area contributed by atoms with E-state index in [1.165, 1.54) is 34.5 Å². The summed E-state index contributed by atoms with van der Waals surface area (Å²) in [7, 11) is 12.8. The number of benzene rings is 8. The number of aromatic hydroxyl groups is 1. The number of nitrogens with zero attached hydrogens (tertiary/aromatic N) is 5. The van der Waals surface area contributed by atoms with Crippen LogP contribution in [-0.4, -0.2) is 90.0 Å². The number of fused-ring (bicyclic) bond motifs is 5. The number of para-hydroxylation sites is 3. The smallest absolute Gasteiger partial charge is 0.349 e. The first-order valence-corrected chi connectivity index (χ1v) is 29.3. The number of methoxy groups -OCH3 is 7. The number of ether oxygens (including phenoxy) is 7. The second kappa shape index (κ2) is 28.8. The van der Waals surface area contributed by atoms with Crippen LogP contribution >= 0.6 is 0 Å². The number of oxazole rings is 1. The summed E-state index contributed by atoms with van der Waals surface area (Å²) in [6.45, 7) is 7.90. The molecule has 0 fully saturated rings. The maximum Gasteiger partial charge on any atom is 0.349 e. The summed E-state index contributed by atoms with van der Waals surface area (Å²) < 4.78 is 58.5. The first kappa shape index (κ1) is 64.2. The van der Waals surface area contributed by atoms with E-state index >= 15 is 0 Å². The highest BCUT2D eigenvalue weighted by molar-refractivity contribution is 5.95. The van der Waals surface area contributed by atoms with E-state index in [9.17, 15) is 19.5 Å². The molecular weight excluding hydrogens is 1190 g/mol. The van der Waals surface area contributed by atoms with E-state index in [0.29, 0.717) is 90.0 Å². The van der Waals surface area contributed by atoms with Crippen LogP contribution in [0.1, 0.15) is 19.7 Å². The third kappa shape index (κ3) is 14.0. The van der Waals surface area contributed by atoms with Gasteiger partial charge in [0.05, 0.1) is 60.8 Å². The number of anilines is 3. The van der Waals surface area contributed by atoms with Gasteiger partial charge in [0.15, 0.2) is 28.4 Å².